The van der Waals surface area contributed by atoms with Gasteiger partial charge in [0.2, 0.25) is 11.8 Å². The third-order valence-electron chi connectivity index (χ3n) is 4.18. The number of thioether (sulfide) groups is 1. The van der Waals surface area contributed by atoms with Crippen molar-refractivity contribution in [1.82, 2.24) is 9.97 Å². The molecule has 1 aromatic heterocycles. The third-order valence-corrected chi connectivity index (χ3v) is 4.74. The van der Waals surface area contributed by atoms with Crippen LogP contribution in [0.4, 0.5) is 24.8 Å². The van der Waals surface area contributed by atoms with Gasteiger partial charge in [0.05, 0.1) is 28.3 Å². The SMILES string of the molecule is C=C(/N=C(\C=C(N)N)Oc1ccc(-c2cnc(Nc3cccc(C(F)(F)F)c3)[nH]2)cc1)SC. The van der Waals surface area contributed by atoms with E-state index in [-0.39, 0.29) is 17.4 Å². The van der Waals surface area contributed by atoms with Gasteiger partial charge < -0.3 is 26.5 Å². The van der Waals surface area contributed by atoms with E-state index in [1.807, 2.05) is 6.26 Å². The average Bonchev–Trinajstić information content (AvgIpc) is 3.21. The van der Waals surface area contributed by atoms with Crippen LogP contribution in [0.15, 0.2) is 83.2 Å². The highest BCUT2D eigenvalue weighted by Crippen LogP contribution is 2.31. The lowest BCUT2D eigenvalue weighted by Crippen LogP contribution is -2.14. The molecule has 7 nitrogen and oxygen atoms in total. The average molecular weight is 475 g/mol. The number of H-pyrrole nitrogens is 1. The topological polar surface area (TPSA) is 114 Å². The first kappa shape index (κ1) is 23.8. The lowest BCUT2D eigenvalue weighted by atomic mass is 10.2. The van der Waals surface area contributed by atoms with Gasteiger partial charge in [0.1, 0.15) is 5.75 Å². The van der Waals surface area contributed by atoms with Crippen LogP contribution in [-0.4, -0.2) is 22.1 Å². The maximum atomic E-state index is 12.9. The second-order valence-electron chi connectivity index (χ2n) is 6.67. The Bertz CT molecular complexity index is 1180. The summed E-state index contributed by atoms with van der Waals surface area (Å²) < 4.78 is 44.4. The Morgan fingerprint density at radius 2 is 1.94 bits per heavy atom. The summed E-state index contributed by atoms with van der Waals surface area (Å²) in [5, 5.41) is 3.36. The first-order chi connectivity index (χ1) is 15.6. The van der Waals surface area contributed by atoms with E-state index in [0.29, 0.717) is 22.4 Å². The number of ether oxygens (including phenoxy) is 1. The molecule has 172 valence electrons. The number of nitrogens with one attached hydrogen (secondary N) is 2. The van der Waals surface area contributed by atoms with E-state index in [1.54, 1.807) is 30.5 Å². The standard InChI is InChI=1S/C22H21F3N6OS/c1-13(33-2)29-20(11-19(26)27)32-17-8-6-14(7-9-17)18-12-28-21(31-18)30-16-5-3-4-15(10-16)22(23,24)25/h3-12H,1,26-27H2,2H3,(H2,28,30,31)/b29-20+. The van der Waals surface area contributed by atoms with Crippen LogP contribution in [-0.2, 0) is 6.18 Å². The Balaban J connectivity index is 1.73. The Kier molecular flexibility index (Phi) is 7.34. The van der Waals surface area contributed by atoms with Crippen LogP contribution < -0.4 is 21.5 Å². The molecule has 2 aromatic carbocycles. The molecule has 33 heavy (non-hydrogen) atoms. The van der Waals surface area contributed by atoms with Crippen molar-refractivity contribution >= 4 is 29.3 Å². The van der Waals surface area contributed by atoms with Gasteiger partial charge in [-0.2, -0.15) is 13.2 Å². The number of anilines is 2. The summed E-state index contributed by atoms with van der Waals surface area (Å²) in [6.07, 6.45) is 0.359. The molecule has 3 rings (SSSR count). The zero-order chi connectivity index (χ0) is 24.0. The van der Waals surface area contributed by atoms with Gasteiger partial charge in [-0.25, -0.2) is 9.98 Å². The van der Waals surface area contributed by atoms with Gasteiger partial charge in [-0.05, 0) is 54.3 Å². The molecule has 0 aliphatic carbocycles. The number of alkyl halides is 3. The van der Waals surface area contributed by atoms with Crippen LogP contribution in [0.2, 0.25) is 0 Å². The van der Waals surface area contributed by atoms with Gasteiger partial charge >= 0.3 is 6.18 Å². The number of nitrogens with two attached hydrogens (primary N) is 2. The highest BCUT2D eigenvalue weighted by Gasteiger charge is 2.30. The number of aromatic nitrogens is 2. The summed E-state index contributed by atoms with van der Waals surface area (Å²) in [7, 11) is 0. The number of rotatable bonds is 7. The molecule has 0 atom stereocenters. The van der Waals surface area contributed by atoms with Crippen molar-refractivity contribution in [1.29, 1.82) is 0 Å². The van der Waals surface area contributed by atoms with Crippen LogP contribution in [0.5, 0.6) is 5.75 Å². The van der Waals surface area contributed by atoms with E-state index >= 15 is 0 Å². The van der Waals surface area contributed by atoms with Gasteiger partial charge in [-0.3, -0.25) is 0 Å². The quantitative estimate of drug-likeness (QED) is 0.276. The van der Waals surface area contributed by atoms with Gasteiger partial charge in [0, 0.05) is 11.8 Å². The van der Waals surface area contributed by atoms with E-state index in [2.05, 4.69) is 26.9 Å². The first-order valence-electron chi connectivity index (χ1n) is 9.46. The molecular formula is C22H21F3N6OS. The number of hydrogen-bond donors (Lipinski definition) is 4. The van der Waals surface area contributed by atoms with Crippen molar-refractivity contribution in [3.05, 3.63) is 83.8 Å². The monoisotopic (exact) mass is 474 g/mol. The number of imidazole rings is 1. The fraction of sp³-hybridized carbons (Fsp3) is 0.0909. The molecule has 0 amide bonds. The van der Waals surface area contributed by atoms with Crippen LogP contribution in [0.25, 0.3) is 11.3 Å². The minimum atomic E-state index is -4.42. The summed E-state index contributed by atoms with van der Waals surface area (Å²) in [6, 6.07) is 11.9. The molecule has 0 bridgehead atoms. The number of halogens is 3. The second kappa shape index (κ2) is 10.2. The van der Waals surface area contributed by atoms with E-state index < -0.39 is 11.7 Å². The first-order valence-corrected chi connectivity index (χ1v) is 10.7. The van der Waals surface area contributed by atoms with Crippen molar-refractivity contribution in [2.24, 2.45) is 16.5 Å². The Morgan fingerprint density at radius 1 is 1.21 bits per heavy atom. The summed E-state index contributed by atoms with van der Waals surface area (Å²) in [6.45, 7) is 3.78. The van der Waals surface area contributed by atoms with Crippen molar-refractivity contribution in [3.63, 3.8) is 0 Å². The summed E-state index contributed by atoms with van der Waals surface area (Å²) >= 11 is 1.35. The van der Waals surface area contributed by atoms with Gasteiger partial charge in [0.15, 0.2) is 0 Å². The largest absolute Gasteiger partial charge is 0.439 e. The number of aromatic amines is 1. The minimum Gasteiger partial charge on any atom is -0.439 e. The normalized spacial score (nSPS) is 11.7. The molecule has 0 spiro atoms. The number of benzene rings is 2. The maximum absolute atomic E-state index is 12.9. The van der Waals surface area contributed by atoms with E-state index in [0.717, 1.165) is 17.7 Å². The molecule has 11 heteroatoms. The third kappa shape index (κ3) is 6.81. The van der Waals surface area contributed by atoms with Crippen LogP contribution in [0.3, 0.4) is 0 Å². The molecule has 0 aliphatic rings. The zero-order valence-electron chi connectivity index (χ0n) is 17.5. The van der Waals surface area contributed by atoms with Crippen molar-refractivity contribution in [3.8, 4) is 17.0 Å². The van der Waals surface area contributed by atoms with E-state index in [4.69, 9.17) is 16.2 Å². The Morgan fingerprint density at radius 3 is 2.58 bits per heavy atom. The second-order valence-corrected chi connectivity index (χ2v) is 7.55. The smallest absolute Gasteiger partial charge is 0.416 e. The molecular weight excluding hydrogens is 453 g/mol. The lowest BCUT2D eigenvalue weighted by Gasteiger charge is -2.09. The molecule has 0 unspecified atom stereocenters. The molecule has 0 saturated carbocycles. The van der Waals surface area contributed by atoms with Crippen molar-refractivity contribution in [2.75, 3.05) is 11.6 Å². The predicted molar refractivity (Wildman–Crippen MR) is 126 cm³/mol. The van der Waals surface area contributed by atoms with E-state index in [1.165, 1.54) is 30.0 Å². The molecule has 0 aliphatic heterocycles. The van der Waals surface area contributed by atoms with Crippen molar-refractivity contribution in [2.45, 2.75) is 6.18 Å². The predicted octanol–water partition coefficient (Wildman–Crippen LogP) is 5.21. The number of nitrogens with zero attached hydrogens (tertiary/aromatic N) is 2. The number of hydrogen-bond acceptors (Lipinski definition) is 7. The molecule has 6 N–H and O–H groups in total. The summed E-state index contributed by atoms with van der Waals surface area (Å²) in [5.41, 5.74) is 12.0. The molecule has 0 fully saturated rings. The van der Waals surface area contributed by atoms with Gasteiger partial charge in [-0.15, -0.1) is 11.8 Å². The summed E-state index contributed by atoms with van der Waals surface area (Å²) in [5.74, 6) is 1.03. The Labute approximate surface area is 192 Å². The highest BCUT2D eigenvalue weighted by molar-refractivity contribution is 8.02. The van der Waals surface area contributed by atoms with Crippen LogP contribution in [0, 0.1) is 0 Å². The van der Waals surface area contributed by atoms with Crippen LogP contribution in [0.1, 0.15) is 5.56 Å². The van der Waals surface area contributed by atoms with Gasteiger partial charge in [0.25, 0.3) is 0 Å². The van der Waals surface area contributed by atoms with Gasteiger partial charge in [-0.1, -0.05) is 12.6 Å². The highest BCUT2D eigenvalue weighted by atomic mass is 32.2. The fourth-order valence-corrected chi connectivity index (χ4v) is 2.84. The fourth-order valence-electron chi connectivity index (χ4n) is 2.66. The zero-order valence-corrected chi connectivity index (χ0v) is 18.3. The Hall–Kier alpha value is -3.86. The van der Waals surface area contributed by atoms with Crippen molar-refractivity contribution < 1.29 is 17.9 Å². The maximum Gasteiger partial charge on any atom is 0.416 e. The van der Waals surface area contributed by atoms with Crippen LogP contribution >= 0.6 is 11.8 Å². The molecule has 3 aromatic rings. The summed E-state index contributed by atoms with van der Waals surface area (Å²) in [4.78, 5) is 11.4. The lowest BCUT2D eigenvalue weighted by molar-refractivity contribution is -0.137. The minimum absolute atomic E-state index is 0.0394. The number of aliphatic imine (C=N–C) groups is 1. The molecule has 1 heterocycles. The molecule has 0 radical (unpaired) electrons. The van der Waals surface area contributed by atoms with E-state index in [9.17, 15) is 13.2 Å². The molecule has 0 saturated heterocycles.